The van der Waals surface area contributed by atoms with Crippen LogP contribution in [0.3, 0.4) is 0 Å². The molecule has 3 unspecified atom stereocenters. The predicted octanol–water partition coefficient (Wildman–Crippen LogP) is 1.35. The molecule has 6 nitrogen and oxygen atoms in total. The Labute approximate surface area is 144 Å². The fourth-order valence-electron chi connectivity index (χ4n) is 5.30. The molecule has 0 radical (unpaired) electrons. The van der Waals surface area contributed by atoms with Crippen molar-refractivity contribution in [3.8, 4) is 0 Å². The summed E-state index contributed by atoms with van der Waals surface area (Å²) in [6.45, 7) is 9.38. The Hall–Kier alpha value is -0.850. The Balaban J connectivity index is 1.31. The van der Waals surface area contributed by atoms with Crippen molar-refractivity contribution in [3.63, 3.8) is 0 Å². The summed E-state index contributed by atoms with van der Waals surface area (Å²) in [4.78, 5) is 15.0. The molecule has 2 N–H and O–H groups in total. The highest BCUT2D eigenvalue weighted by Crippen LogP contribution is 2.62. The Morgan fingerprint density at radius 2 is 2.00 bits per heavy atom. The molecule has 0 aromatic carbocycles. The fourth-order valence-corrected chi connectivity index (χ4v) is 5.30. The van der Waals surface area contributed by atoms with Crippen molar-refractivity contribution in [1.29, 1.82) is 0 Å². The molecule has 2 amide bonds. The number of hydrogen-bond acceptors (Lipinski definition) is 4. The summed E-state index contributed by atoms with van der Waals surface area (Å²) in [5, 5.41) is 6.50. The molecule has 4 aliphatic rings. The molecule has 2 aliphatic heterocycles. The first kappa shape index (κ1) is 16.6. The van der Waals surface area contributed by atoms with E-state index < -0.39 is 0 Å². The van der Waals surface area contributed by atoms with Crippen LogP contribution in [0.2, 0.25) is 0 Å². The Kier molecular flexibility index (Phi) is 4.25. The van der Waals surface area contributed by atoms with Crippen molar-refractivity contribution >= 4 is 6.03 Å². The molecule has 4 fully saturated rings. The number of ether oxygens (including phenoxy) is 2. The highest BCUT2D eigenvalue weighted by molar-refractivity contribution is 5.75. The van der Waals surface area contributed by atoms with Crippen LogP contribution in [0, 0.1) is 11.3 Å². The van der Waals surface area contributed by atoms with Crippen LogP contribution < -0.4 is 10.6 Å². The number of nitrogens with one attached hydrogen (secondary N) is 2. The van der Waals surface area contributed by atoms with E-state index in [2.05, 4.69) is 29.4 Å². The molecule has 2 aliphatic carbocycles. The van der Waals surface area contributed by atoms with Gasteiger partial charge in [-0.25, -0.2) is 4.79 Å². The summed E-state index contributed by atoms with van der Waals surface area (Å²) in [6, 6.07) is 0.285. The number of nitrogens with zero attached hydrogens (tertiary/aromatic N) is 1. The largest absolute Gasteiger partial charge is 0.379 e. The first-order chi connectivity index (χ1) is 11.5. The van der Waals surface area contributed by atoms with Gasteiger partial charge in [-0.15, -0.1) is 0 Å². The predicted molar refractivity (Wildman–Crippen MR) is 90.9 cm³/mol. The van der Waals surface area contributed by atoms with Crippen LogP contribution in [-0.2, 0) is 9.47 Å². The third-order valence-electron chi connectivity index (χ3n) is 6.50. The zero-order valence-corrected chi connectivity index (χ0v) is 15.0. The van der Waals surface area contributed by atoms with Gasteiger partial charge in [0.15, 0.2) is 0 Å². The molecule has 6 heteroatoms. The van der Waals surface area contributed by atoms with E-state index in [-0.39, 0.29) is 17.0 Å². The first-order valence-corrected chi connectivity index (χ1v) is 9.51. The molecule has 2 heterocycles. The highest BCUT2D eigenvalue weighted by atomic mass is 16.5. The molecule has 24 heavy (non-hydrogen) atoms. The second-order valence-electron chi connectivity index (χ2n) is 8.68. The lowest BCUT2D eigenvalue weighted by Crippen LogP contribution is -2.73. The molecular formula is C18H31N3O3. The van der Waals surface area contributed by atoms with Crippen LogP contribution in [0.15, 0.2) is 0 Å². The van der Waals surface area contributed by atoms with Crippen molar-refractivity contribution < 1.29 is 14.3 Å². The van der Waals surface area contributed by atoms with Gasteiger partial charge in [-0.1, -0.05) is 6.42 Å². The van der Waals surface area contributed by atoms with E-state index in [4.69, 9.17) is 9.47 Å². The Bertz CT molecular complexity index is 486. The zero-order chi connectivity index (χ0) is 16.8. The van der Waals surface area contributed by atoms with E-state index in [0.29, 0.717) is 18.1 Å². The van der Waals surface area contributed by atoms with Crippen molar-refractivity contribution in [2.24, 2.45) is 11.3 Å². The minimum absolute atomic E-state index is 0.0186. The summed E-state index contributed by atoms with van der Waals surface area (Å²) < 4.78 is 11.3. The van der Waals surface area contributed by atoms with E-state index in [0.717, 1.165) is 45.9 Å². The number of carbonyl (C=O) groups excluding carboxylic acids is 1. The second kappa shape index (κ2) is 6.15. The number of urea groups is 1. The normalized spacial score (nSPS) is 35.0. The third kappa shape index (κ3) is 2.82. The summed E-state index contributed by atoms with van der Waals surface area (Å²) in [6.07, 6.45) is 5.17. The average molecular weight is 337 g/mol. The van der Waals surface area contributed by atoms with Gasteiger partial charge in [0, 0.05) is 49.2 Å². The van der Waals surface area contributed by atoms with Gasteiger partial charge in [0.25, 0.3) is 0 Å². The molecule has 4 rings (SSSR count). The summed E-state index contributed by atoms with van der Waals surface area (Å²) >= 11 is 0. The van der Waals surface area contributed by atoms with Crippen molar-refractivity contribution in [1.82, 2.24) is 15.5 Å². The number of rotatable bonds is 4. The molecule has 2 saturated carbocycles. The summed E-state index contributed by atoms with van der Waals surface area (Å²) in [5.74, 6) is 0.526. The monoisotopic (exact) mass is 337 g/mol. The molecule has 1 spiro atoms. The van der Waals surface area contributed by atoms with Crippen LogP contribution in [0.1, 0.15) is 39.5 Å². The topological polar surface area (TPSA) is 62.8 Å². The number of morpholine rings is 1. The minimum atomic E-state index is -0.247. The maximum atomic E-state index is 12.6. The Morgan fingerprint density at radius 1 is 1.25 bits per heavy atom. The lowest BCUT2D eigenvalue weighted by Gasteiger charge is -2.63. The van der Waals surface area contributed by atoms with Gasteiger partial charge in [0.1, 0.15) is 0 Å². The number of amides is 2. The van der Waals surface area contributed by atoms with E-state index in [9.17, 15) is 4.79 Å². The third-order valence-corrected chi connectivity index (χ3v) is 6.50. The van der Waals surface area contributed by atoms with Gasteiger partial charge >= 0.3 is 6.03 Å². The van der Waals surface area contributed by atoms with E-state index in [1.54, 1.807) is 0 Å². The van der Waals surface area contributed by atoms with Gasteiger partial charge in [-0.2, -0.15) is 0 Å². The van der Waals surface area contributed by atoms with E-state index in [1.165, 1.54) is 19.3 Å². The number of fused-ring (bicyclic) bond motifs is 2. The SMILES string of the molecule is CC(C)(CN1CCOCC1)NC(=O)NC1C2CCOC2C12CCC2. The average Bonchev–Trinajstić information content (AvgIpc) is 2.88. The molecule has 0 aromatic heterocycles. The van der Waals surface area contributed by atoms with Crippen LogP contribution >= 0.6 is 0 Å². The molecule has 2 saturated heterocycles. The summed E-state index contributed by atoms with van der Waals surface area (Å²) in [5.41, 5.74) is -0.00359. The molecule has 0 aromatic rings. The summed E-state index contributed by atoms with van der Waals surface area (Å²) in [7, 11) is 0. The van der Waals surface area contributed by atoms with Crippen LogP contribution in [0.4, 0.5) is 4.79 Å². The second-order valence-corrected chi connectivity index (χ2v) is 8.68. The molecular weight excluding hydrogens is 306 g/mol. The van der Waals surface area contributed by atoms with Crippen LogP contribution in [-0.4, -0.2) is 68.1 Å². The smallest absolute Gasteiger partial charge is 0.315 e. The maximum absolute atomic E-state index is 12.6. The maximum Gasteiger partial charge on any atom is 0.315 e. The van der Waals surface area contributed by atoms with E-state index in [1.807, 2.05) is 0 Å². The van der Waals surface area contributed by atoms with Crippen molar-refractivity contribution in [2.75, 3.05) is 39.5 Å². The highest BCUT2D eigenvalue weighted by Gasteiger charge is 2.67. The van der Waals surface area contributed by atoms with Crippen molar-refractivity contribution in [3.05, 3.63) is 0 Å². The Morgan fingerprint density at radius 3 is 2.67 bits per heavy atom. The zero-order valence-electron chi connectivity index (χ0n) is 15.0. The lowest BCUT2D eigenvalue weighted by atomic mass is 9.46. The van der Waals surface area contributed by atoms with Gasteiger partial charge in [-0.05, 0) is 33.1 Å². The fraction of sp³-hybridized carbons (Fsp3) is 0.944. The number of hydrogen-bond donors (Lipinski definition) is 2. The van der Waals surface area contributed by atoms with Gasteiger partial charge in [0.2, 0.25) is 0 Å². The lowest BCUT2D eigenvalue weighted by molar-refractivity contribution is -0.172. The number of carbonyl (C=O) groups is 1. The van der Waals surface area contributed by atoms with Crippen molar-refractivity contribution in [2.45, 2.75) is 57.2 Å². The van der Waals surface area contributed by atoms with Crippen LogP contribution in [0.5, 0.6) is 0 Å². The first-order valence-electron chi connectivity index (χ1n) is 9.51. The quantitative estimate of drug-likeness (QED) is 0.813. The standard InChI is InChI=1S/C18H31N3O3/c1-17(2,12-21-7-10-23-11-8-21)20-16(22)19-14-13-4-9-24-15(13)18(14)5-3-6-18/h13-15H,3-12H2,1-2H3,(H2,19,20,22). The van der Waals surface area contributed by atoms with E-state index >= 15 is 0 Å². The molecule has 3 atom stereocenters. The van der Waals surface area contributed by atoms with Crippen LogP contribution in [0.25, 0.3) is 0 Å². The van der Waals surface area contributed by atoms with Gasteiger partial charge in [-0.3, -0.25) is 4.90 Å². The minimum Gasteiger partial charge on any atom is -0.379 e. The van der Waals surface area contributed by atoms with Gasteiger partial charge in [0.05, 0.1) is 19.3 Å². The van der Waals surface area contributed by atoms with Gasteiger partial charge < -0.3 is 20.1 Å². The molecule has 0 bridgehead atoms. The molecule has 136 valence electrons.